The summed E-state index contributed by atoms with van der Waals surface area (Å²) in [7, 11) is 0. The molecule has 22 heavy (non-hydrogen) atoms. The van der Waals surface area contributed by atoms with Gasteiger partial charge < -0.3 is 16.4 Å². The first kappa shape index (κ1) is 15.9. The number of hydrogen-bond donors (Lipinski definition) is 3. The minimum Gasteiger partial charge on any atom is -0.351 e. The van der Waals surface area contributed by atoms with Crippen LogP contribution in [-0.4, -0.2) is 17.7 Å². The molecule has 0 aliphatic rings. The van der Waals surface area contributed by atoms with Gasteiger partial charge in [0.25, 0.3) is 0 Å². The maximum Gasteiger partial charge on any atom is 0.316 e. The predicted octanol–water partition coefficient (Wildman–Crippen LogP) is 3.22. The van der Waals surface area contributed by atoms with Gasteiger partial charge in [0.2, 0.25) is 5.91 Å². The lowest BCUT2D eigenvalue weighted by atomic mass is 10.2. The highest BCUT2D eigenvalue weighted by atomic mass is 32.2. The Morgan fingerprint density at radius 1 is 0.955 bits per heavy atom. The Kier molecular flexibility index (Phi) is 5.43. The zero-order valence-corrected chi connectivity index (χ0v) is 12.9. The molecule has 6 heteroatoms. The molecular weight excluding hydrogens is 298 g/mol. The molecule has 0 unspecified atom stereocenters. The Balaban J connectivity index is 1.83. The summed E-state index contributed by atoms with van der Waals surface area (Å²) in [5.74, 6) is 0.255. The van der Waals surface area contributed by atoms with Crippen molar-refractivity contribution in [3.63, 3.8) is 0 Å². The SMILES string of the molecule is Cc1ccc(SCC(=O)Nc2ccc(NC(N)=O)cc2)cc1. The molecule has 0 aromatic heterocycles. The number of carbonyl (C=O) groups is 2. The second-order valence-electron chi connectivity index (χ2n) is 4.72. The Hall–Kier alpha value is -2.47. The lowest BCUT2D eigenvalue weighted by Gasteiger charge is -2.07. The highest BCUT2D eigenvalue weighted by molar-refractivity contribution is 8.00. The number of anilines is 2. The number of rotatable bonds is 5. The van der Waals surface area contributed by atoms with Crippen LogP contribution in [0, 0.1) is 6.92 Å². The Labute approximate surface area is 133 Å². The largest absolute Gasteiger partial charge is 0.351 e. The average Bonchev–Trinajstić information content (AvgIpc) is 2.48. The summed E-state index contributed by atoms with van der Waals surface area (Å²) in [6.45, 7) is 2.03. The van der Waals surface area contributed by atoms with Gasteiger partial charge in [-0.2, -0.15) is 0 Å². The van der Waals surface area contributed by atoms with E-state index >= 15 is 0 Å². The minimum absolute atomic E-state index is 0.0822. The highest BCUT2D eigenvalue weighted by Crippen LogP contribution is 2.19. The second kappa shape index (κ2) is 7.51. The monoisotopic (exact) mass is 315 g/mol. The van der Waals surface area contributed by atoms with Gasteiger partial charge in [-0.1, -0.05) is 17.7 Å². The number of thioether (sulfide) groups is 1. The molecule has 0 radical (unpaired) electrons. The van der Waals surface area contributed by atoms with E-state index in [2.05, 4.69) is 10.6 Å². The smallest absolute Gasteiger partial charge is 0.316 e. The van der Waals surface area contributed by atoms with Gasteiger partial charge in [0.1, 0.15) is 0 Å². The van der Waals surface area contributed by atoms with Crippen LogP contribution >= 0.6 is 11.8 Å². The number of nitrogens with two attached hydrogens (primary N) is 1. The topological polar surface area (TPSA) is 84.2 Å². The van der Waals surface area contributed by atoms with E-state index in [1.54, 1.807) is 24.3 Å². The quantitative estimate of drug-likeness (QED) is 0.741. The summed E-state index contributed by atoms with van der Waals surface area (Å²) in [5, 5.41) is 5.26. The van der Waals surface area contributed by atoms with Crippen molar-refractivity contribution in [2.45, 2.75) is 11.8 Å². The maximum atomic E-state index is 11.9. The number of primary amides is 1. The van der Waals surface area contributed by atoms with Gasteiger partial charge in [-0.3, -0.25) is 4.79 Å². The lowest BCUT2D eigenvalue weighted by Crippen LogP contribution is -2.19. The van der Waals surface area contributed by atoms with E-state index in [0.717, 1.165) is 4.90 Å². The van der Waals surface area contributed by atoms with Crippen molar-refractivity contribution in [2.24, 2.45) is 5.73 Å². The van der Waals surface area contributed by atoms with Crippen LogP contribution in [-0.2, 0) is 4.79 Å². The third-order valence-corrected chi connectivity index (χ3v) is 3.84. The fourth-order valence-electron chi connectivity index (χ4n) is 1.76. The van der Waals surface area contributed by atoms with Crippen molar-refractivity contribution >= 4 is 35.1 Å². The number of aryl methyl sites for hydroxylation is 1. The summed E-state index contributed by atoms with van der Waals surface area (Å²) in [6, 6.07) is 14.2. The van der Waals surface area contributed by atoms with Gasteiger partial charge in [-0.25, -0.2) is 4.79 Å². The molecule has 0 aliphatic carbocycles. The van der Waals surface area contributed by atoms with Crippen LogP contribution < -0.4 is 16.4 Å². The van der Waals surface area contributed by atoms with E-state index in [4.69, 9.17) is 5.73 Å². The molecule has 114 valence electrons. The van der Waals surface area contributed by atoms with Gasteiger partial charge in [0.15, 0.2) is 0 Å². The van der Waals surface area contributed by atoms with E-state index in [9.17, 15) is 9.59 Å². The van der Waals surface area contributed by atoms with Crippen molar-refractivity contribution in [3.05, 3.63) is 54.1 Å². The van der Waals surface area contributed by atoms with Crippen molar-refractivity contribution in [1.82, 2.24) is 0 Å². The third-order valence-electron chi connectivity index (χ3n) is 2.83. The Bertz CT molecular complexity index is 654. The van der Waals surface area contributed by atoms with Gasteiger partial charge in [0, 0.05) is 16.3 Å². The Morgan fingerprint density at radius 3 is 2.05 bits per heavy atom. The van der Waals surface area contributed by atoms with Crippen LogP contribution in [0.4, 0.5) is 16.2 Å². The molecule has 4 N–H and O–H groups in total. The zero-order chi connectivity index (χ0) is 15.9. The van der Waals surface area contributed by atoms with Crippen LogP contribution in [0.3, 0.4) is 0 Å². The summed E-state index contributed by atoms with van der Waals surface area (Å²) in [4.78, 5) is 23.7. The number of amides is 3. The number of urea groups is 1. The van der Waals surface area contributed by atoms with Crippen molar-refractivity contribution in [3.8, 4) is 0 Å². The molecular formula is C16H17N3O2S. The summed E-state index contributed by atoms with van der Waals surface area (Å²) >= 11 is 1.48. The lowest BCUT2D eigenvalue weighted by molar-refractivity contribution is -0.113. The third kappa shape index (κ3) is 5.14. The molecule has 3 amide bonds. The van der Waals surface area contributed by atoms with E-state index in [0.29, 0.717) is 17.1 Å². The number of hydrogen-bond acceptors (Lipinski definition) is 3. The number of benzene rings is 2. The molecule has 2 rings (SSSR count). The standard InChI is InChI=1S/C16H17N3O2S/c1-11-2-8-14(9-3-11)22-10-15(20)18-12-4-6-13(7-5-12)19-16(17)21/h2-9H,10H2,1H3,(H,18,20)(H3,17,19,21). The van der Waals surface area contributed by atoms with Crippen LogP contribution in [0.2, 0.25) is 0 Å². The fourth-order valence-corrected chi connectivity index (χ4v) is 2.46. The first-order valence-corrected chi connectivity index (χ1v) is 7.67. The normalized spacial score (nSPS) is 10.0. The molecule has 5 nitrogen and oxygen atoms in total. The molecule has 0 spiro atoms. The van der Waals surface area contributed by atoms with Gasteiger partial charge in [-0.15, -0.1) is 11.8 Å². The maximum absolute atomic E-state index is 11.9. The van der Waals surface area contributed by atoms with Gasteiger partial charge >= 0.3 is 6.03 Å². The molecule has 0 bridgehead atoms. The molecule has 0 saturated carbocycles. The number of carbonyl (C=O) groups excluding carboxylic acids is 2. The predicted molar refractivity (Wildman–Crippen MR) is 90.2 cm³/mol. The Morgan fingerprint density at radius 2 is 1.50 bits per heavy atom. The number of nitrogens with one attached hydrogen (secondary N) is 2. The fraction of sp³-hybridized carbons (Fsp3) is 0.125. The first-order valence-electron chi connectivity index (χ1n) is 6.69. The molecule has 2 aromatic carbocycles. The second-order valence-corrected chi connectivity index (χ2v) is 5.77. The summed E-state index contributed by atoms with van der Waals surface area (Å²) in [6.07, 6.45) is 0. The average molecular weight is 315 g/mol. The van der Waals surface area contributed by atoms with Crippen molar-refractivity contribution in [2.75, 3.05) is 16.4 Å². The van der Waals surface area contributed by atoms with Crippen LogP contribution in [0.25, 0.3) is 0 Å². The molecule has 0 aliphatic heterocycles. The van der Waals surface area contributed by atoms with Crippen LogP contribution in [0.15, 0.2) is 53.4 Å². The van der Waals surface area contributed by atoms with Gasteiger partial charge in [0.05, 0.1) is 5.75 Å². The molecule has 0 atom stereocenters. The zero-order valence-electron chi connectivity index (χ0n) is 12.1. The highest BCUT2D eigenvalue weighted by Gasteiger charge is 2.04. The van der Waals surface area contributed by atoms with E-state index < -0.39 is 6.03 Å². The first-order chi connectivity index (χ1) is 10.5. The van der Waals surface area contributed by atoms with E-state index in [1.807, 2.05) is 31.2 Å². The van der Waals surface area contributed by atoms with Crippen LogP contribution in [0.5, 0.6) is 0 Å². The van der Waals surface area contributed by atoms with E-state index in [1.165, 1.54) is 17.3 Å². The van der Waals surface area contributed by atoms with Crippen molar-refractivity contribution < 1.29 is 9.59 Å². The van der Waals surface area contributed by atoms with Gasteiger partial charge in [-0.05, 0) is 43.3 Å². The summed E-state index contributed by atoms with van der Waals surface area (Å²) < 4.78 is 0. The van der Waals surface area contributed by atoms with Crippen LogP contribution in [0.1, 0.15) is 5.56 Å². The molecule has 0 saturated heterocycles. The van der Waals surface area contributed by atoms with E-state index in [-0.39, 0.29) is 5.91 Å². The summed E-state index contributed by atoms with van der Waals surface area (Å²) in [5.41, 5.74) is 7.47. The molecule has 2 aromatic rings. The molecule has 0 heterocycles. The minimum atomic E-state index is -0.619. The van der Waals surface area contributed by atoms with Crippen molar-refractivity contribution in [1.29, 1.82) is 0 Å². The molecule has 0 fully saturated rings.